The van der Waals surface area contributed by atoms with E-state index >= 15 is 0 Å². The van der Waals surface area contributed by atoms with Crippen molar-refractivity contribution in [2.45, 2.75) is 30.9 Å². The first kappa shape index (κ1) is 20.4. The number of anilines is 1. The Balaban J connectivity index is 1.76. The summed E-state index contributed by atoms with van der Waals surface area (Å²) in [5, 5.41) is 15.6. The Morgan fingerprint density at radius 2 is 1.97 bits per heavy atom. The molecule has 1 aliphatic rings. The Morgan fingerprint density at radius 1 is 1.20 bits per heavy atom. The summed E-state index contributed by atoms with van der Waals surface area (Å²) in [5.74, 6) is -0.868. The topological polar surface area (TPSA) is 87.4 Å². The molecule has 7 nitrogen and oxygen atoms in total. The Kier molecular flexibility index (Phi) is 4.85. The molecule has 0 amide bonds. The summed E-state index contributed by atoms with van der Waals surface area (Å²) in [6.45, 7) is 1.13. The number of hydrogen-bond donors (Lipinski definition) is 3. The lowest BCUT2D eigenvalue weighted by atomic mass is 9.97. The molecule has 3 aromatic heterocycles. The van der Waals surface area contributed by atoms with E-state index in [0.717, 1.165) is 18.5 Å². The second kappa shape index (κ2) is 7.13. The maximum Gasteiger partial charge on any atom is 0.421 e. The standard InChI is InChI=1S/C18H17F5N6O/c1-17(30,18(21,22)23)9-2-3-14-25-7-13(29(14)8-9)15-11(20)5-26-16(28-15)27-12-6-24-4-10(12)19/h2-3,5,7-8,10,12,24,30H,4,6H2,1H3,(H,26,27,28)/t10-,12-,17+/m0/s1. The minimum absolute atomic E-state index is 0.0313. The van der Waals surface area contributed by atoms with Gasteiger partial charge in [0.2, 0.25) is 5.95 Å². The molecule has 0 spiro atoms. The second-order valence-electron chi connectivity index (χ2n) is 7.17. The van der Waals surface area contributed by atoms with Gasteiger partial charge >= 0.3 is 6.18 Å². The Hall–Kier alpha value is -2.86. The number of aromatic nitrogens is 4. The summed E-state index contributed by atoms with van der Waals surface area (Å²) >= 11 is 0. The van der Waals surface area contributed by atoms with Crippen LogP contribution in [0.15, 0.2) is 30.7 Å². The van der Waals surface area contributed by atoms with Gasteiger partial charge in [-0.3, -0.25) is 4.40 Å². The molecule has 0 aromatic carbocycles. The van der Waals surface area contributed by atoms with Crippen LogP contribution in [-0.2, 0) is 5.60 Å². The fourth-order valence-corrected chi connectivity index (χ4v) is 3.18. The van der Waals surface area contributed by atoms with Crippen LogP contribution in [0.4, 0.5) is 27.9 Å². The van der Waals surface area contributed by atoms with Crippen LogP contribution in [0, 0.1) is 5.82 Å². The molecule has 4 rings (SSSR count). The highest BCUT2D eigenvalue weighted by molar-refractivity contribution is 5.62. The first-order valence-electron chi connectivity index (χ1n) is 8.99. The third-order valence-corrected chi connectivity index (χ3v) is 5.06. The molecule has 0 unspecified atom stereocenters. The van der Waals surface area contributed by atoms with Gasteiger partial charge in [-0.15, -0.1) is 0 Å². The van der Waals surface area contributed by atoms with Crippen molar-refractivity contribution in [2.75, 3.05) is 18.4 Å². The number of nitrogens with one attached hydrogen (secondary N) is 2. The number of imidazole rings is 1. The van der Waals surface area contributed by atoms with E-state index in [0.29, 0.717) is 13.5 Å². The molecule has 1 saturated heterocycles. The molecule has 12 heteroatoms. The van der Waals surface area contributed by atoms with Crippen LogP contribution in [-0.4, -0.2) is 55.9 Å². The van der Waals surface area contributed by atoms with Gasteiger partial charge < -0.3 is 15.7 Å². The van der Waals surface area contributed by atoms with Crippen molar-refractivity contribution in [3.8, 4) is 11.4 Å². The van der Waals surface area contributed by atoms with Gasteiger partial charge in [-0.2, -0.15) is 13.2 Å². The van der Waals surface area contributed by atoms with Crippen LogP contribution < -0.4 is 10.6 Å². The Bertz CT molecular complexity index is 1080. The van der Waals surface area contributed by atoms with E-state index in [1.807, 2.05) is 0 Å². The lowest BCUT2D eigenvalue weighted by molar-refractivity contribution is -0.259. The SMILES string of the molecule is C[C@@](O)(c1ccc2ncc(-c3nc(N[C@H]4CNC[C@@H]4F)ncc3F)n2c1)C(F)(F)F. The summed E-state index contributed by atoms with van der Waals surface area (Å²) in [5.41, 5.74) is -3.53. The van der Waals surface area contributed by atoms with Crippen LogP contribution in [0.3, 0.4) is 0 Å². The molecule has 1 aliphatic heterocycles. The zero-order chi connectivity index (χ0) is 21.7. The maximum absolute atomic E-state index is 14.5. The summed E-state index contributed by atoms with van der Waals surface area (Å²) in [6, 6.07) is 1.77. The van der Waals surface area contributed by atoms with Gasteiger partial charge in [0.05, 0.1) is 24.1 Å². The van der Waals surface area contributed by atoms with E-state index in [1.165, 1.54) is 16.7 Å². The maximum atomic E-state index is 14.5. The van der Waals surface area contributed by atoms with Gasteiger partial charge in [-0.25, -0.2) is 23.7 Å². The molecule has 0 aliphatic carbocycles. The van der Waals surface area contributed by atoms with Crippen molar-refractivity contribution < 1.29 is 27.1 Å². The van der Waals surface area contributed by atoms with E-state index in [-0.39, 0.29) is 29.5 Å². The number of hydrogen-bond acceptors (Lipinski definition) is 6. The molecule has 0 radical (unpaired) electrons. The lowest BCUT2D eigenvalue weighted by Crippen LogP contribution is -2.39. The van der Waals surface area contributed by atoms with Crippen LogP contribution in [0.25, 0.3) is 17.0 Å². The highest BCUT2D eigenvalue weighted by Crippen LogP contribution is 2.38. The fraction of sp³-hybridized carbons (Fsp3) is 0.389. The molecule has 4 heterocycles. The van der Waals surface area contributed by atoms with Crippen LogP contribution >= 0.6 is 0 Å². The quantitative estimate of drug-likeness (QED) is 0.554. The number of nitrogens with zero attached hydrogens (tertiary/aromatic N) is 4. The van der Waals surface area contributed by atoms with Crippen LogP contribution in [0.1, 0.15) is 12.5 Å². The van der Waals surface area contributed by atoms with E-state index in [9.17, 15) is 27.1 Å². The lowest BCUT2D eigenvalue weighted by Gasteiger charge is -2.26. The predicted octanol–water partition coefficient (Wildman–Crippen LogP) is 2.42. The number of aliphatic hydroxyl groups is 1. The molecule has 160 valence electrons. The molecule has 1 fully saturated rings. The van der Waals surface area contributed by atoms with Crippen molar-refractivity contribution >= 4 is 11.6 Å². The Morgan fingerprint density at radius 3 is 2.63 bits per heavy atom. The molecule has 0 saturated carbocycles. The minimum Gasteiger partial charge on any atom is -0.376 e. The monoisotopic (exact) mass is 428 g/mol. The van der Waals surface area contributed by atoms with Crippen molar-refractivity contribution in [2.24, 2.45) is 0 Å². The molecule has 30 heavy (non-hydrogen) atoms. The number of rotatable bonds is 4. The fourth-order valence-electron chi connectivity index (χ4n) is 3.18. The second-order valence-corrected chi connectivity index (χ2v) is 7.17. The van der Waals surface area contributed by atoms with Crippen molar-refractivity contribution in [3.63, 3.8) is 0 Å². The van der Waals surface area contributed by atoms with Crippen molar-refractivity contribution in [1.29, 1.82) is 0 Å². The molecule has 0 bridgehead atoms. The van der Waals surface area contributed by atoms with Crippen LogP contribution in [0.2, 0.25) is 0 Å². The smallest absolute Gasteiger partial charge is 0.376 e. The normalized spacial score (nSPS) is 21.7. The summed E-state index contributed by atoms with van der Waals surface area (Å²) in [6.07, 6.45) is -2.94. The molecule has 3 N–H and O–H groups in total. The van der Waals surface area contributed by atoms with E-state index in [2.05, 4.69) is 25.6 Å². The summed E-state index contributed by atoms with van der Waals surface area (Å²) in [4.78, 5) is 11.9. The van der Waals surface area contributed by atoms with E-state index in [4.69, 9.17) is 0 Å². The third-order valence-electron chi connectivity index (χ3n) is 5.06. The highest BCUT2D eigenvalue weighted by Gasteiger charge is 2.51. The largest absolute Gasteiger partial charge is 0.421 e. The number of alkyl halides is 4. The molecular formula is C18H17F5N6O. The van der Waals surface area contributed by atoms with Crippen LogP contribution in [0.5, 0.6) is 0 Å². The van der Waals surface area contributed by atoms with Gasteiger partial charge in [-0.05, 0) is 13.0 Å². The Labute approximate surface area is 167 Å². The zero-order valence-corrected chi connectivity index (χ0v) is 15.6. The summed E-state index contributed by atoms with van der Waals surface area (Å²) < 4.78 is 69.1. The molecule has 3 atom stereocenters. The van der Waals surface area contributed by atoms with E-state index < -0.39 is 35.4 Å². The van der Waals surface area contributed by atoms with E-state index in [1.54, 1.807) is 0 Å². The first-order chi connectivity index (χ1) is 14.1. The van der Waals surface area contributed by atoms with Gasteiger partial charge in [0.1, 0.15) is 17.5 Å². The number of pyridine rings is 1. The average Bonchev–Trinajstić information content (AvgIpc) is 3.28. The van der Waals surface area contributed by atoms with Gasteiger partial charge in [0, 0.05) is 24.8 Å². The summed E-state index contributed by atoms with van der Waals surface area (Å²) in [7, 11) is 0. The average molecular weight is 428 g/mol. The molecular weight excluding hydrogens is 411 g/mol. The van der Waals surface area contributed by atoms with Gasteiger partial charge in [0.25, 0.3) is 0 Å². The zero-order valence-electron chi connectivity index (χ0n) is 15.6. The third kappa shape index (κ3) is 3.45. The van der Waals surface area contributed by atoms with Gasteiger partial charge in [-0.1, -0.05) is 6.07 Å². The highest BCUT2D eigenvalue weighted by atomic mass is 19.4. The first-order valence-corrected chi connectivity index (χ1v) is 8.99. The number of fused-ring (bicyclic) bond motifs is 1. The minimum atomic E-state index is -4.92. The molecule has 3 aromatic rings. The predicted molar refractivity (Wildman–Crippen MR) is 97.0 cm³/mol. The van der Waals surface area contributed by atoms with Gasteiger partial charge in [0.15, 0.2) is 11.4 Å². The van der Waals surface area contributed by atoms with Crippen molar-refractivity contribution in [1.82, 2.24) is 24.7 Å². The van der Waals surface area contributed by atoms with Crippen molar-refractivity contribution in [3.05, 3.63) is 42.1 Å². The number of halogens is 5.